The largest absolute Gasteiger partial charge is 0.480 e. The fourth-order valence-electron chi connectivity index (χ4n) is 4.16. The van der Waals surface area contributed by atoms with Gasteiger partial charge in [0.05, 0.1) is 12.5 Å². The average Bonchev–Trinajstić information content (AvgIpc) is 3.11. The Labute approximate surface area is 199 Å². The summed E-state index contributed by atoms with van der Waals surface area (Å²) in [6, 6.07) is 15.1. The molecule has 8 nitrogen and oxygen atoms in total. The number of benzene rings is 2. The van der Waals surface area contributed by atoms with E-state index in [0.29, 0.717) is 0 Å². The van der Waals surface area contributed by atoms with Crippen LogP contribution >= 0.6 is 0 Å². The maximum Gasteiger partial charge on any atom is 0.407 e. The standard InChI is InChI=1S/C26H32N2O6/c1-26(2,3)23(24(30)31)28-22(29)13-16(33-4)14-27-25(32)34-15-21-19-11-7-5-9-17(19)18-10-6-8-12-20(18)21/h5-12,16,21,23H,13-15H2,1-4H3,(H,27,32)(H,28,29)(H,30,31)/t16?,23-/m1/s1. The lowest BCUT2D eigenvalue weighted by molar-refractivity contribution is -0.145. The van der Waals surface area contributed by atoms with E-state index in [9.17, 15) is 19.5 Å². The molecule has 3 rings (SSSR count). The normalized spacial score (nSPS) is 14.5. The molecule has 0 aliphatic heterocycles. The van der Waals surface area contributed by atoms with E-state index < -0.39 is 35.5 Å². The summed E-state index contributed by atoms with van der Waals surface area (Å²) in [6.45, 7) is 5.44. The molecule has 0 fully saturated rings. The molecule has 3 N–H and O–H groups in total. The van der Waals surface area contributed by atoms with Gasteiger partial charge in [0, 0.05) is 19.6 Å². The van der Waals surface area contributed by atoms with Gasteiger partial charge < -0.3 is 25.2 Å². The Hall–Kier alpha value is -3.39. The van der Waals surface area contributed by atoms with Gasteiger partial charge in [-0.1, -0.05) is 69.3 Å². The van der Waals surface area contributed by atoms with Gasteiger partial charge in [-0.2, -0.15) is 0 Å². The van der Waals surface area contributed by atoms with E-state index >= 15 is 0 Å². The molecule has 0 heterocycles. The fourth-order valence-corrected chi connectivity index (χ4v) is 4.16. The third kappa shape index (κ3) is 5.94. The van der Waals surface area contributed by atoms with Crippen molar-refractivity contribution < 1.29 is 29.0 Å². The molecule has 182 valence electrons. The SMILES string of the molecule is COC(CNC(=O)OCC1c2ccccc2-c2ccccc21)CC(=O)N[C@H](C(=O)O)C(C)(C)C. The molecule has 0 saturated heterocycles. The van der Waals surface area contributed by atoms with E-state index in [1.54, 1.807) is 20.8 Å². The quantitative estimate of drug-likeness (QED) is 0.519. The van der Waals surface area contributed by atoms with Gasteiger partial charge in [-0.3, -0.25) is 4.79 Å². The van der Waals surface area contributed by atoms with Crippen molar-refractivity contribution in [3.8, 4) is 11.1 Å². The van der Waals surface area contributed by atoms with Gasteiger partial charge in [0.15, 0.2) is 0 Å². The molecule has 2 amide bonds. The average molecular weight is 469 g/mol. The van der Waals surface area contributed by atoms with Crippen molar-refractivity contribution in [1.82, 2.24) is 10.6 Å². The van der Waals surface area contributed by atoms with E-state index in [1.165, 1.54) is 7.11 Å². The van der Waals surface area contributed by atoms with E-state index in [-0.39, 0.29) is 25.5 Å². The van der Waals surface area contributed by atoms with Crippen LogP contribution < -0.4 is 10.6 Å². The Morgan fingerprint density at radius 3 is 2.06 bits per heavy atom. The molecule has 1 aliphatic rings. The molecule has 1 unspecified atom stereocenters. The zero-order valence-electron chi connectivity index (χ0n) is 20.0. The topological polar surface area (TPSA) is 114 Å². The number of aliphatic carboxylic acids is 1. The van der Waals surface area contributed by atoms with Crippen LogP contribution in [0.5, 0.6) is 0 Å². The van der Waals surface area contributed by atoms with Crippen molar-refractivity contribution in [2.75, 3.05) is 20.3 Å². The lowest BCUT2D eigenvalue weighted by atomic mass is 9.86. The number of carbonyl (C=O) groups is 3. The summed E-state index contributed by atoms with van der Waals surface area (Å²) in [5, 5.41) is 14.5. The predicted octanol–water partition coefficient (Wildman–Crippen LogP) is 3.55. The van der Waals surface area contributed by atoms with Crippen molar-refractivity contribution >= 4 is 18.0 Å². The monoisotopic (exact) mass is 468 g/mol. The van der Waals surface area contributed by atoms with Crippen LogP contribution in [-0.2, 0) is 19.1 Å². The number of carbonyl (C=O) groups excluding carboxylic acids is 2. The third-order valence-electron chi connectivity index (χ3n) is 5.98. The van der Waals surface area contributed by atoms with E-state index in [0.717, 1.165) is 22.3 Å². The van der Waals surface area contributed by atoms with Crippen LogP contribution in [0.2, 0.25) is 0 Å². The second-order valence-corrected chi connectivity index (χ2v) is 9.47. The van der Waals surface area contributed by atoms with E-state index in [2.05, 4.69) is 22.8 Å². The van der Waals surface area contributed by atoms with Gasteiger partial charge in [-0.25, -0.2) is 9.59 Å². The third-order valence-corrected chi connectivity index (χ3v) is 5.98. The molecule has 1 aliphatic carbocycles. The van der Waals surface area contributed by atoms with Crippen LogP contribution in [0.4, 0.5) is 4.79 Å². The van der Waals surface area contributed by atoms with Crippen LogP contribution in [0.1, 0.15) is 44.2 Å². The van der Waals surface area contributed by atoms with Crippen LogP contribution in [0.25, 0.3) is 11.1 Å². The van der Waals surface area contributed by atoms with Gasteiger partial charge in [-0.15, -0.1) is 0 Å². The Morgan fingerprint density at radius 2 is 1.56 bits per heavy atom. The first-order valence-corrected chi connectivity index (χ1v) is 11.3. The Morgan fingerprint density at radius 1 is 1.00 bits per heavy atom. The molecule has 0 spiro atoms. The molecule has 34 heavy (non-hydrogen) atoms. The van der Waals surface area contributed by atoms with Crippen molar-refractivity contribution in [3.63, 3.8) is 0 Å². The van der Waals surface area contributed by atoms with Crippen molar-refractivity contribution in [3.05, 3.63) is 59.7 Å². The zero-order valence-corrected chi connectivity index (χ0v) is 20.0. The first-order chi connectivity index (χ1) is 16.1. The maximum atomic E-state index is 12.4. The minimum atomic E-state index is -1.11. The zero-order chi connectivity index (χ0) is 24.9. The second kappa shape index (κ2) is 10.7. The molecule has 2 aromatic carbocycles. The van der Waals surface area contributed by atoms with Gasteiger partial charge in [0.1, 0.15) is 12.6 Å². The summed E-state index contributed by atoms with van der Waals surface area (Å²) in [4.78, 5) is 36.2. The summed E-state index contributed by atoms with van der Waals surface area (Å²) in [5.74, 6) is -1.62. The highest BCUT2D eigenvalue weighted by Gasteiger charge is 2.33. The first kappa shape index (κ1) is 25.2. The Bertz CT molecular complexity index is 1000. The second-order valence-electron chi connectivity index (χ2n) is 9.47. The summed E-state index contributed by atoms with van der Waals surface area (Å²) >= 11 is 0. The van der Waals surface area contributed by atoms with Gasteiger partial charge in [0.2, 0.25) is 5.91 Å². The number of amides is 2. The minimum Gasteiger partial charge on any atom is -0.480 e. The fraction of sp³-hybridized carbons (Fsp3) is 0.423. The number of fused-ring (bicyclic) bond motifs is 3. The van der Waals surface area contributed by atoms with E-state index in [4.69, 9.17) is 9.47 Å². The minimum absolute atomic E-state index is 0.0486. The number of carboxylic acids is 1. The number of hydrogen-bond donors (Lipinski definition) is 3. The van der Waals surface area contributed by atoms with Crippen molar-refractivity contribution in [2.24, 2.45) is 5.41 Å². The van der Waals surface area contributed by atoms with Crippen LogP contribution in [0, 0.1) is 5.41 Å². The highest BCUT2D eigenvalue weighted by Crippen LogP contribution is 2.44. The number of nitrogens with one attached hydrogen (secondary N) is 2. The molecule has 0 aromatic heterocycles. The number of hydrogen-bond acceptors (Lipinski definition) is 5. The van der Waals surface area contributed by atoms with Crippen LogP contribution in [0.15, 0.2) is 48.5 Å². The highest BCUT2D eigenvalue weighted by molar-refractivity contribution is 5.84. The van der Waals surface area contributed by atoms with E-state index in [1.807, 2.05) is 36.4 Å². The van der Waals surface area contributed by atoms with Gasteiger partial charge in [0.25, 0.3) is 0 Å². The van der Waals surface area contributed by atoms with Crippen LogP contribution in [0.3, 0.4) is 0 Å². The van der Waals surface area contributed by atoms with Crippen LogP contribution in [-0.4, -0.2) is 55.5 Å². The number of rotatable bonds is 9. The number of ether oxygens (including phenoxy) is 2. The predicted molar refractivity (Wildman–Crippen MR) is 128 cm³/mol. The lowest BCUT2D eigenvalue weighted by Gasteiger charge is -2.28. The molecule has 0 radical (unpaired) electrons. The molecular weight excluding hydrogens is 436 g/mol. The molecule has 0 saturated carbocycles. The Kier molecular flexibility index (Phi) is 7.94. The van der Waals surface area contributed by atoms with Crippen molar-refractivity contribution in [2.45, 2.75) is 45.3 Å². The van der Waals surface area contributed by atoms with Crippen molar-refractivity contribution in [1.29, 1.82) is 0 Å². The molecular formula is C26H32N2O6. The first-order valence-electron chi connectivity index (χ1n) is 11.3. The summed E-state index contributed by atoms with van der Waals surface area (Å²) in [5.41, 5.74) is 3.88. The van der Waals surface area contributed by atoms with Gasteiger partial charge >= 0.3 is 12.1 Å². The summed E-state index contributed by atoms with van der Waals surface area (Å²) in [6.07, 6.45) is -1.34. The number of alkyl carbamates (subject to hydrolysis) is 1. The molecule has 2 aromatic rings. The molecule has 8 heteroatoms. The summed E-state index contributed by atoms with van der Waals surface area (Å²) in [7, 11) is 1.43. The summed E-state index contributed by atoms with van der Waals surface area (Å²) < 4.78 is 10.8. The molecule has 0 bridgehead atoms. The number of methoxy groups -OCH3 is 1. The van der Waals surface area contributed by atoms with Gasteiger partial charge in [-0.05, 0) is 27.7 Å². The smallest absolute Gasteiger partial charge is 0.407 e. The molecule has 2 atom stereocenters. The highest BCUT2D eigenvalue weighted by atomic mass is 16.5. The number of carboxylic acid groups (broad SMARTS) is 1. The Balaban J connectivity index is 1.52. The lowest BCUT2D eigenvalue weighted by Crippen LogP contribution is -2.50. The maximum absolute atomic E-state index is 12.4.